The van der Waals surface area contributed by atoms with Gasteiger partial charge >= 0.3 is 0 Å². The number of carbonyl (C=O) groups excluding carboxylic acids is 1. The first-order valence-electron chi connectivity index (χ1n) is 8.30. The number of piperidine rings is 1. The molecule has 0 aliphatic carbocycles. The summed E-state index contributed by atoms with van der Waals surface area (Å²) >= 11 is 0. The van der Waals surface area contributed by atoms with E-state index in [-0.39, 0.29) is 12.5 Å². The molecule has 2 heterocycles. The SMILES string of the molecule is Cc1cc(NC(=O)CN(C)CC2CCN(CCO)CC2)n(C)n1. The summed E-state index contributed by atoms with van der Waals surface area (Å²) in [6.45, 7) is 6.32. The van der Waals surface area contributed by atoms with Gasteiger partial charge in [0.2, 0.25) is 5.91 Å². The van der Waals surface area contributed by atoms with Crippen LogP contribution in [0.15, 0.2) is 6.07 Å². The Kier molecular flexibility index (Phi) is 6.56. The first kappa shape index (κ1) is 17.9. The molecule has 2 rings (SSSR count). The molecule has 1 aromatic heterocycles. The second-order valence-corrected chi connectivity index (χ2v) is 6.55. The fourth-order valence-electron chi connectivity index (χ4n) is 3.19. The van der Waals surface area contributed by atoms with Crippen LogP contribution in [-0.2, 0) is 11.8 Å². The number of amides is 1. The number of β-amino-alcohol motifs (C(OH)–C–C–N with tert-alkyl or cyclic N) is 1. The van der Waals surface area contributed by atoms with Crippen LogP contribution in [0.25, 0.3) is 0 Å². The van der Waals surface area contributed by atoms with E-state index in [9.17, 15) is 4.79 Å². The molecule has 1 aromatic rings. The third-order valence-corrected chi connectivity index (χ3v) is 4.38. The number of hydrogen-bond acceptors (Lipinski definition) is 5. The second-order valence-electron chi connectivity index (χ2n) is 6.55. The van der Waals surface area contributed by atoms with Crippen molar-refractivity contribution in [2.75, 3.05) is 51.7 Å². The summed E-state index contributed by atoms with van der Waals surface area (Å²) in [5.74, 6) is 1.35. The molecule has 130 valence electrons. The lowest BCUT2D eigenvalue weighted by atomic mass is 9.96. The summed E-state index contributed by atoms with van der Waals surface area (Å²) in [6.07, 6.45) is 2.26. The maximum absolute atomic E-state index is 12.1. The highest BCUT2D eigenvalue weighted by molar-refractivity contribution is 5.91. The average Bonchev–Trinajstić information content (AvgIpc) is 2.79. The summed E-state index contributed by atoms with van der Waals surface area (Å²) in [4.78, 5) is 16.5. The van der Waals surface area contributed by atoms with Crippen molar-refractivity contribution in [3.05, 3.63) is 11.8 Å². The Morgan fingerprint density at radius 2 is 2.17 bits per heavy atom. The van der Waals surface area contributed by atoms with E-state index in [1.165, 1.54) is 0 Å². The zero-order chi connectivity index (χ0) is 16.8. The standard InChI is InChI=1S/C16H29N5O2/c1-13-10-15(20(3)18-13)17-16(23)12-19(2)11-14-4-6-21(7-5-14)8-9-22/h10,14,22H,4-9,11-12H2,1-3H3,(H,17,23). The zero-order valence-electron chi connectivity index (χ0n) is 14.5. The number of aliphatic hydroxyl groups is 1. The summed E-state index contributed by atoms with van der Waals surface area (Å²) < 4.78 is 1.68. The Balaban J connectivity index is 1.71. The highest BCUT2D eigenvalue weighted by Crippen LogP contribution is 2.17. The molecule has 0 bridgehead atoms. The van der Waals surface area contributed by atoms with Gasteiger partial charge in [-0.1, -0.05) is 0 Å². The number of aliphatic hydroxyl groups excluding tert-OH is 1. The molecule has 0 radical (unpaired) electrons. The molecule has 1 amide bonds. The molecule has 1 fully saturated rings. The van der Waals surface area contributed by atoms with E-state index in [1.54, 1.807) is 4.68 Å². The number of rotatable bonds is 7. The van der Waals surface area contributed by atoms with E-state index in [0.717, 1.165) is 50.5 Å². The lowest BCUT2D eigenvalue weighted by molar-refractivity contribution is -0.117. The summed E-state index contributed by atoms with van der Waals surface area (Å²) in [7, 11) is 3.82. The maximum atomic E-state index is 12.1. The van der Waals surface area contributed by atoms with E-state index < -0.39 is 0 Å². The minimum absolute atomic E-state index is 0.00628. The monoisotopic (exact) mass is 323 g/mol. The quantitative estimate of drug-likeness (QED) is 0.755. The largest absolute Gasteiger partial charge is 0.395 e. The van der Waals surface area contributed by atoms with E-state index in [4.69, 9.17) is 5.11 Å². The molecule has 2 N–H and O–H groups in total. The molecule has 23 heavy (non-hydrogen) atoms. The van der Waals surface area contributed by atoms with Gasteiger partial charge in [-0.15, -0.1) is 0 Å². The van der Waals surface area contributed by atoms with E-state index >= 15 is 0 Å². The van der Waals surface area contributed by atoms with Crippen molar-refractivity contribution in [3.63, 3.8) is 0 Å². The number of hydrogen-bond donors (Lipinski definition) is 2. The Hall–Kier alpha value is -1.44. The summed E-state index contributed by atoms with van der Waals surface area (Å²) in [6, 6.07) is 1.87. The van der Waals surface area contributed by atoms with Crippen LogP contribution in [0, 0.1) is 12.8 Å². The van der Waals surface area contributed by atoms with Crippen LogP contribution in [0.3, 0.4) is 0 Å². The number of carbonyl (C=O) groups is 1. The first-order chi connectivity index (χ1) is 11.0. The van der Waals surface area contributed by atoms with E-state index in [1.807, 2.05) is 27.1 Å². The number of nitrogens with one attached hydrogen (secondary N) is 1. The van der Waals surface area contributed by atoms with E-state index in [0.29, 0.717) is 12.5 Å². The first-order valence-corrected chi connectivity index (χ1v) is 8.30. The van der Waals surface area contributed by atoms with Crippen molar-refractivity contribution >= 4 is 11.7 Å². The molecule has 0 spiro atoms. The molecule has 0 unspecified atom stereocenters. The molecule has 0 aromatic carbocycles. The lowest BCUT2D eigenvalue weighted by Gasteiger charge is -2.33. The lowest BCUT2D eigenvalue weighted by Crippen LogP contribution is -2.40. The van der Waals surface area contributed by atoms with Gasteiger partial charge in [0.1, 0.15) is 5.82 Å². The highest BCUT2D eigenvalue weighted by Gasteiger charge is 2.20. The minimum Gasteiger partial charge on any atom is -0.395 e. The Labute approximate surface area is 138 Å². The molecule has 0 atom stereocenters. The van der Waals surface area contributed by atoms with Crippen LogP contribution >= 0.6 is 0 Å². The van der Waals surface area contributed by atoms with Crippen molar-refractivity contribution in [3.8, 4) is 0 Å². The molecule has 1 aliphatic heterocycles. The topological polar surface area (TPSA) is 73.6 Å². The number of aromatic nitrogens is 2. The van der Waals surface area contributed by atoms with Crippen molar-refractivity contribution in [1.29, 1.82) is 0 Å². The number of likely N-dealkylation sites (N-methyl/N-ethyl adjacent to an activating group) is 1. The van der Waals surface area contributed by atoms with Gasteiger partial charge < -0.3 is 15.3 Å². The van der Waals surface area contributed by atoms with Gasteiger partial charge in [0.05, 0.1) is 18.8 Å². The third kappa shape index (κ3) is 5.60. The van der Waals surface area contributed by atoms with Crippen molar-refractivity contribution < 1.29 is 9.90 Å². The van der Waals surface area contributed by atoms with Gasteiger partial charge in [-0.05, 0) is 45.8 Å². The van der Waals surface area contributed by atoms with Crippen molar-refractivity contribution in [2.45, 2.75) is 19.8 Å². The van der Waals surface area contributed by atoms with Crippen LogP contribution in [0.5, 0.6) is 0 Å². The third-order valence-electron chi connectivity index (χ3n) is 4.38. The molecular formula is C16H29N5O2. The smallest absolute Gasteiger partial charge is 0.239 e. The van der Waals surface area contributed by atoms with Crippen molar-refractivity contribution in [1.82, 2.24) is 19.6 Å². The van der Waals surface area contributed by atoms with Crippen LogP contribution in [-0.4, -0.2) is 77.0 Å². The molecule has 0 saturated carbocycles. The fraction of sp³-hybridized carbons (Fsp3) is 0.750. The fourth-order valence-corrected chi connectivity index (χ4v) is 3.19. The number of nitrogens with zero attached hydrogens (tertiary/aromatic N) is 4. The van der Waals surface area contributed by atoms with Gasteiger partial charge in [-0.25, -0.2) is 0 Å². The number of likely N-dealkylation sites (tertiary alicyclic amines) is 1. The Bertz CT molecular complexity index is 509. The summed E-state index contributed by atoms with van der Waals surface area (Å²) in [5.41, 5.74) is 0.894. The van der Waals surface area contributed by atoms with E-state index in [2.05, 4.69) is 20.2 Å². The number of anilines is 1. The summed E-state index contributed by atoms with van der Waals surface area (Å²) in [5, 5.41) is 16.1. The minimum atomic E-state index is -0.00628. The molecule has 1 saturated heterocycles. The van der Waals surface area contributed by atoms with Gasteiger partial charge in [0, 0.05) is 26.2 Å². The van der Waals surface area contributed by atoms with Gasteiger partial charge in [-0.2, -0.15) is 5.10 Å². The molecule has 7 heteroatoms. The predicted octanol–water partition coefficient (Wildman–Crippen LogP) is 0.303. The Morgan fingerprint density at radius 1 is 1.48 bits per heavy atom. The average molecular weight is 323 g/mol. The van der Waals surface area contributed by atoms with Crippen molar-refractivity contribution in [2.24, 2.45) is 13.0 Å². The zero-order valence-corrected chi connectivity index (χ0v) is 14.5. The van der Waals surface area contributed by atoms with Crippen LogP contribution in [0.2, 0.25) is 0 Å². The van der Waals surface area contributed by atoms with Crippen LogP contribution in [0.1, 0.15) is 18.5 Å². The second kappa shape index (κ2) is 8.42. The highest BCUT2D eigenvalue weighted by atomic mass is 16.3. The maximum Gasteiger partial charge on any atom is 0.239 e. The predicted molar refractivity (Wildman–Crippen MR) is 90.3 cm³/mol. The molecular weight excluding hydrogens is 294 g/mol. The van der Waals surface area contributed by atoms with Gasteiger partial charge in [-0.3, -0.25) is 14.4 Å². The Morgan fingerprint density at radius 3 is 2.74 bits per heavy atom. The number of aryl methyl sites for hydroxylation is 2. The van der Waals surface area contributed by atoms with Gasteiger partial charge in [0.25, 0.3) is 0 Å². The van der Waals surface area contributed by atoms with Gasteiger partial charge in [0.15, 0.2) is 0 Å². The van der Waals surface area contributed by atoms with Crippen LogP contribution < -0.4 is 5.32 Å². The molecule has 1 aliphatic rings. The van der Waals surface area contributed by atoms with Crippen LogP contribution in [0.4, 0.5) is 5.82 Å². The normalized spacial score (nSPS) is 16.9. The molecule has 7 nitrogen and oxygen atoms in total.